The highest BCUT2D eigenvalue weighted by Crippen LogP contribution is 2.24. The molecule has 1 aromatic carbocycles. The smallest absolute Gasteiger partial charge is 0.305 e. The molecule has 0 heterocycles. The average Bonchev–Trinajstić information content (AvgIpc) is 2.27. The van der Waals surface area contributed by atoms with E-state index in [-0.39, 0.29) is 11.8 Å². The van der Waals surface area contributed by atoms with E-state index in [1.165, 1.54) is 5.56 Å². The fourth-order valence-corrected chi connectivity index (χ4v) is 1.75. The van der Waals surface area contributed by atoms with Gasteiger partial charge in [0.2, 0.25) is 6.41 Å². The van der Waals surface area contributed by atoms with Crippen molar-refractivity contribution in [1.29, 1.82) is 0 Å². The highest BCUT2D eigenvalue weighted by molar-refractivity contribution is 5.68. The predicted molar refractivity (Wildman–Crippen MR) is 69.3 cm³/mol. The van der Waals surface area contributed by atoms with Crippen molar-refractivity contribution in [2.45, 2.75) is 38.6 Å². The molecule has 1 aromatic rings. The highest BCUT2D eigenvalue weighted by atomic mass is 16.4. The number of hydrogen-bond acceptors (Lipinski definition) is 2. The summed E-state index contributed by atoms with van der Waals surface area (Å²) >= 11 is 0. The van der Waals surface area contributed by atoms with Crippen LogP contribution in [0.2, 0.25) is 0 Å². The summed E-state index contributed by atoms with van der Waals surface area (Å²) in [5.41, 5.74) is 2.03. The molecule has 1 amide bonds. The van der Waals surface area contributed by atoms with Crippen LogP contribution in [0.4, 0.5) is 0 Å². The Balaban J connectivity index is 2.93. The van der Waals surface area contributed by atoms with E-state index in [4.69, 9.17) is 5.11 Å². The summed E-state index contributed by atoms with van der Waals surface area (Å²) in [6, 6.07) is 7.19. The third-order valence-corrected chi connectivity index (χ3v) is 2.83. The van der Waals surface area contributed by atoms with Gasteiger partial charge < -0.3 is 10.4 Å². The normalized spacial score (nSPS) is 12.8. The van der Waals surface area contributed by atoms with Gasteiger partial charge in [-0.1, -0.05) is 45.0 Å². The molecular weight excluding hydrogens is 230 g/mol. The maximum absolute atomic E-state index is 10.7. The van der Waals surface area contributed by atoms with E-state index in [1.807, 2.05) is 24.3 Å². The number of carbonyl (C=O) groups excluding carboxylic acids is 1. The van der Waals surface area contributed by atoms with Crippen LogP contribution in [0, 0.1) is 0 Å². The molecule has 0 aromatic heterocycles. The Morgan fingerprint density at radius 2 is 1.89 bits per heavy atom. The standard InChI is InChI=1S/C14H19NO3/c1-14(2,3)11-6-4-10(5-7-11)12(15-9-16)8-13(17)18/h4-7,9,12H,8H2,1-3H3,(H,15,16)(H,17,18)/t12-/m0/s1. The molecular formula is C14H19NO3. The third kappa shape index (κ3) is 3.87. The van der Waals surface area contributed by atoms with Crippen molar-refractivity contribution in [3.8, 4) is 0 Å². The second kappa shape index (κ2) is 5.67. The van der Waals surface area contributed by atoms with Gasteiger partial charge in [-0.25, -0.2) is 0 Å². The van der Waals surface area contributed by atoms with Crippen LogP contribution in [0.25, 0.3) is 0 Å². The molecule has 0 aliphatic heterocycles. The summed E-state index contributed by atoms with van der Waals surface area (Å²) in [7, 11) is 0. The Kier molecular flexibility index (Phi) is 4.48. The summed E-state index contributed by atoms with van der Waals surface area (Å²) in [6.07, 6.45) is 0.416. The van der Waals surface area contributed by atoms with Crippen LogP contribution in [-0.4, -0.2) is 17.5 Å². The molecule has 0 fully saturated rings. The van der Waals surface area contributed by atoms with Crippen LogP contribution < -0.4 is 5.32 Å². The lowest BCUT2D eigenvalue weighted by atomic mass is 9.86. The molecule has 0 aliphatic rings. The minimum atomic E-state index is -0.936. The molecule has 1 atom stereocenters. The maximum atomic E-state index is 10.7. The predicted octanol–water partition coefficient (Wildman–Crippen LogP) is 2.25. The number of benzene rings is 1. The zero-order chi connectivity index (χ0) is 13.8. The van der Waals surface area contributed by atoms with E-state index in [1.54, 1.807) is 0 Å². The van der Waals surface area contributed by atoms with Crippen molar-refractivity contribution in [2.75, 3.05) is 0 Å². The van der Waals surface area contributed by atoms with Crippen LogP contribution in [0.1, 0.15) is 44.4 Å². The van der Waals surface area contributed by atoms with Crippen LogP contribution in [0.15, 0.2) is 24.3 Å². The van der Waals surface area contributed by atoms with Crippen molar-refractivity contribution in [1.82, 2.24) is 5.32 Å². The monoisotopic (exact) mass is 249 g/mol. The number of hydrogen-bond donors (Lipinski definition) is 2. The Hall–Kier alpha value is -1.84. The largest absolute Gasteiger partial charge is 0.481 e. The van der Waals surface area contributed by atoms with E-state index in [9.17, 15) is 9.59 Å². The number of carboxylic acids is 1. The maximum Gasteiger partial charge on any atom is 0.305 e. The minimum absolute atomic E-state index is 0.0545. The van der Waals surface area contributed by atoms with Crippen LogP contribution in [0.5, 0.6) is 0 Å². The Morgan fingerprint density at radius 3 is 2.28 bits per heavy atom. The molecule has 4 nitrogen and oxygen atoms in total. The Bertz CT molecular complexity index is 418. The molecule has 0 spiro atoms. The number of rotatable bonds is 5. The number of amides is 1. The number of aliphatic carboxylic acids is 1. The van der Waals surface area contributed by atoms with Crippen LogP contribution in [-0.2, 0) is 15.0 Å². The van der Waals surface area contributed by atoms with Crippen molar-refractivity contribution in [2.24, 2.45) is 0 Å². The minimum Gasteiger partial charge on any atom is -0.481 e. The molecule has 2 N–H and O–H groups in total. The molecule has 0 unspecified atom stereocenters. The number of carboxylic acid groups (broad SMARTS) is 1. The molecule has 0 bridgehead atoms. The second-order valence-electron chi connectivity index (χ2n) is 5.31. The SMILES string of the molecule is CC(C)(C)c1ccc([C@H](CC(=O)O)NC=O)cc1. The van der Waals surface area contributed by atoms with Gasteiger partial charge in [0.15, 0.2) is 0 Å². The third-order valence-electron chi connectivity index (χ3n) is 2.83. The fourth-order valence-electron chi connectivity index (χ4n) is 1.75. The first-order valence-corrected chi connectivity index (χ1v) is 5.86. The highest BCUT2D eigenvalue weighted by Gasteiger charge is 2.17. The fraction of sp³-hybridized carbons (Fsp3) is 0.429. The van der Waals surface area contributed by atoms with Gasteiger partial charge in [0.1, 0.15) is 0 Å². The van der Waals surface area contributed by atoms with Crippen molar-refractivity contribution < 1.29 is 14.7 Å². The van der Waals surface area contributed by atoms with Gasteiger partial charge in [-0.3, -0.25) is 9.59 Å². The van der Waals surface area contributed by atoms with Gasteiger partial charge in [0.05, 0.1) is 12.5 Å². The van der Waals surface area contributed by atoms with Crippen LogP contribution in [0.3, 0.4) is 0 Å². The lowest BCUT2D eigenvalue weighted by molar-refractivity contribution is -0.137. The molecule has 1 rings (SSSR count). The first kappa shape index (κ1) is 14.2. The zero-order valence-corrected chi connectivity index (χ0v) is 10.9. The van der Waals surface area contributed by atoms with Gasteiger partial charge >= 0.3 is 5.97 Å². The van der Waals surface area contributed by atoms with Gasteiger partial charge in [0.25, 0.3) is 0 Å². The van der Waals surface area contributed by atoms with Crippen molar-refractivity contribution in [3.05, 3.63) is 35.4 Å². The van der Waals surface area contributed by atoms with Gasteiger partial charge in [-0.2, -0.15) is 0 Å². The molecule has 4 heteroatoms. The van der Waals surface area contributed by atoms with Gasteiger partial charge in [-0.05, 0) is 16.5 Å². The molecule has 0 radical (unpaired) electrons. The molecule has 98 valence electrons. The van der Waals surface area contributed by atoms with Crippen LogP contribution >= 0.6 is 0 Å². The molecule has 0 saturated heterocycles. The summed E-state index contributed by atoms with van der Waals surface area (Å²) in [5.74, 6) is -0.936. The van der Waals surface area contributed by atoms with E-state index >= 15 is 0 Å². The summed E-state index contributed by atoms with van der Waals surface area (Å²) < 4.78 is 0. The Morgan fingerprint density at radius 1 is 1.33 bits per heavy atom. The topological polar surface area (TPSA) is 66.4 Å². The summed E-state index contributed by atoms with van der Waals surface area (Å²) in [6.45, 7) is 6.33. The lowest BCUT2D eigenvalue weighted by Crippen LogP contribution is -2.22. The Labute approximate surface area is 107 Å². The van der Waals surface area contributed by atoms with E-state index in [2.05, 4.69) is 26.1 Å². The zero-order valence-electron chi connectivity index (χ0n) is 10.9. The second-order valence-corrected chi connectivity index (χ2v) is 5.31. The average molecular weight is 249 g/mol. The first-order chi connectivity index (χ1) is 8.34. The van der Waals surface area contributed by atoms with Gasteiger partial charge in [-0.15, -0.1) is 0 Å². The summed E-state index contributed by atoms with van der Waals surface area (Å²) in [4.78, 5) is 21.2. The molecule has 0 aliphatic carbocycles. The lowest BCUT2D eigenvalue weighted by Gasteiger charge is -2.20. The van der Waals surface area contributed by atoms with Crippen molar-refractivity contribution >= 4 is 12.4 Å². The molecule has 18 heavy (non-hydrogen) atoms. The first-order valence-electron chi connectivity index (χ1n) is 5.86. The van der Waals surface area contributed by atoms with Crippen molar-refractivity contribution in [3.63, 3.8) is 0 Å². The van der Waals surface area contributed by atoms with E-state index in [0.29, 0.717) is 6.41 Å². The van der Waals surface area contributed by atoms with E-state index < -0.39 is 12.0 Å². The molecule has 0 saturated carbocycles. The summed E-state index contributed by atoms with van der Waals surface area (Å²) in [5, 5.41) is 11.3. The number of nitrogens with one attached hydrogen (secondary N) is 1. The van der Waals surface area contributed by atoms with E-state index in [0.717, 1.165) is 5.56 Å². The van der Waals surface area contributed by atoms with Gasteiger partial charge in [0, 0.05) is 0 Å². The quantitative estimate of drug-likeness (QED) is 0.786. The number of carbonyl (C=O) groups is 2.